The molecule has 2 fully saturated rings. The first-order valence-corrected chi connectivity index (χ1v) is 11.3. The fraction of sp³-hybridized carbons (Fsp3) is 0.385. The van der Waals surface area contributed by atoms with Crippen LogP contribution >= 0.6 is 0 Å². The van der Waals surface area contributed by atoms with Gasteiger partial charge in [0.1, 0.15) is 5.82 Å². The molecular formula is C26H26FN3O2. The molecule has 2 saturated carbocycles. The number of Topliss-reactive ketones (excluding diaryl/α,β-unsaturated/α-hetero) is 1. The number of nitrogens with zero attached hydrogens (tertiary/aromatic N) is 3. The van der Waals surface area contributed by atoms with Crippen LogP contribution in [0.1, 0.15) is 41.6 Å². The molecule has 164 valence electrons. The highest BCUT2D eigenvalue weighted by Gasteiger charge is 2.48. The lowest BCUT2D eigenvalue weighted by Crippen LogP contribution is -2.36. The van der Waals surface area contributed by atoms with Crippen LogP contribution < -0.4 is 4.74 Å². The standard InChI is InChI=1S/C26H26FN3O2/c1-16-3-8-21(26-28-11-2-12-29-26)22(13-16)25(31)24-17-4-5-18(20(24)9-6-17)15-32-23-10-7-19(27)14-30-23/h2-3,7-8,10-14,17-18,20,24H,4-6,9,15H2,1H3/t17?,18-,20?,24?/m1/s1. The van der Waals surface area contributed by atoms with Crippen LogP contribution in [-0.4, -0.2) is 27.3 Å². The summed E-state index contributed by atoms with van der Waals surface area (Å²) >= 11 is 0. The number of aromatic nitrogens is 3. The normalized spacial score (nSPS) is 24.3. The number of benzene rings is 1. The Hall–Kier alpha value is -3.15. The second-order valence-electron chi connectivity index (χ2n) is 8.98. The quantitative estimate of drug-likeness (QED) is 0.496. The Labute approximate surface area is 187 Å². The van der Waals surface area contributed by atoms with Crippen molar-refractivity contribution in [2.45, 2.75) is 32.6 Å². The second-order valence-corrected chi connectivity index (χ2v) is 8.98. The van der Waals surface area contributed by atoms with E-state index in [1.165, 1.54) is 12.3 Å². The molecular weight excluding hydrogens is 405 g/mol. The summed E-state index contributed by atoms with van der Waals surface area (Å²) in [6, 6.07) is 10.6. The molecule has 0 N–H and O–H groups in total. The third kappa shape index (κ3) is 4.01. The van der Waals surface area contributed by atoms with Crippen LogP contribution in [0.4, 0.5) is 4.39 Å². The van der Waals surface area contributed by atoms with Gasteiger partial charge in [0, 0.05) is 35.5 Å². The Balaban J connectivity index is 1.39. The van der Waals surface area contributed by atoms with Crippen LogP contribution in [0.3, 0.4) is 0 Å². The topological polar surface area (TPSA) is 65.0 Å². The van der Waals surface area contributed by atoms with E-state index in [0.29, 0.717) is 24.2 Å². The molecule has 2 aromatic heterocycles. The highest BCUT2D eigenvalue weighted by atomic mass is 19.1. The van der Waals surface area contributed by atoms with Gasteiger partial charge in [-0.25, -0.2) is 19.3 Å². The van der Waals surface area contributed by atoms with Crippen LogP contribution in [0, 0.1) is 36.4 Å². The van der Waals surface area contributed by atoms with Crippen LogP contribution in [0.15, 0.2) is 55.0 Å². The Kier molecular flexibility index (Phi) is 5.68. The van der Waals surface area contributed by atoms with Crippen molar-refractivity contribution in [2.75, 3.05) is 6.61 Å². The number of pyridine rings is 1. The molecule has 5 rings (SSSR count). The predicted octanol–water partition coefficient (Wildman–Crippen LogP) is 5.30. The van der Waals surface area contributed by atoms with E-state index < -0.39 is 0 Å². The monoisotopic (exact) mass is 431 g/mol. The minimum Gasteiger partial charge on any atom is -0.477 e. The van der Waals surface area contributed by atoms with E-state index in [1.807, 2.05) is 25.1 Å². The molecule has 3 aromatic rings. The van der Waals surface area contributed by atoms with E-state index in [0.717, 1.165) is 42.4 Å². The first kappa shape index (κ1) is 20.7. The lowest BCUT2D eigenvalue weighted by Gasteiger charge is -2.35. The Morgan fingerprint density at radius 3 is 2.66 bits per heavy atom. The van der Waals surface area contributed by atoms with Gasteiger partial charge in [-0.1, -0.05) is 17.7 Å². The molecule has 2 heterocycles. The summed E-state index contributed by atoms with van der Waals surface area (Å²) in [7, 11) is 0. The van der Waals surface area contributed by atoms with Gasteiger partial charge in [-0.3, -0.25) is 4.79 Å². The van der Waals surface area contributed by atoms with Crippen molar-refractivity contribution in [3.05, 3.63) is 71.9 Å². The molecule has 1 aromatic carbocycles. The number of hydrogen-bond donors (Lipinski definition) is 0. The molecule has 4 atom stereocenters. The summed E-state index contributed by atoms with van der Waals surface area (Å²) in [5.74, 6) is 1.81. The third-order valence-electron chi connectivity index (χ3n) is 7.05. The van der Waals surface area contributed by atoms with E-state index in [4.69, 9.17) is 4.74 Å². The molecule has 2 aliphatic carbocycles. The minimum absolute atomic E-state index is 0.0113. The average molecular weight is 432 g/mol. The zero-order chi connectivity index (χ0) is 22.1. The lowest BCUT2D eigenvalue weighted by atomic mass is 9.69. The molecule has 0 aliphatic heterocycles. The second kappa shape index (κ2) is 8.77. The molecule has 3 unspecified atom stereocenters. The third-order valence-corrected chi connectivity index (χ3v) is 7.05. The van der Waals surface area contributed by atoms with Crippen LogP contribution in [-0.2, 0) is 0 Å². The minimum atomic E-state index is -0.379. The molecule has 6 heteroatoms. The van der Waals surface area contributed by atoms with Crippen LogP contribution in [0.5, 0.6) is 5.88 Å². The van der Waals surface area contributed by atoms with Gasteiger partial charge in [-0.2, -0.15) is 0 Å². The van der Waals surface area contributed by atoms with Crippen molar-refractivity contribution in [3.63, 3.8) is 0 Å². The van der Waals surface area contributed by atoms with Gasteiger partial charge in [-0.15, -0.1) is 0 Å². The number of rotatable bonds is 6. The molecule has 0 spiro atoms. The summed E-state index contributed by atoms with van der Waals surface area (Å²) < 4.78 is 19.0. The average Bonchev–Trinajstić information content (AvgIpc) is 3.13. The lowest BCUT2D eigenvalue weighted by molar-refractivity contribution is 0.0653. The molecule has 0 saturated heterocycles. The number of fused-ring (bicyclic) bond motifs is 2. The summed E-state index contributed by atoms with van der Waals surface area (Å²) in [6.07, 6.45) is 8.77. The largest absolute Gasteiger partial charge is 0.477 e. The summed E-state index contributed by atoms with van der Waals surface area (Å²) in [5, 5.41) is 0. The highest BCUT2D eigenvalue weighted by molar-refractivity contribution is 6.03. The summed E-state index contributed by atoms with van der Waals surface area (Å²) in [4.78, 5) is 26.7. The first-order chi connectivity index (χ1) is 15.6. The fourth-order valence-electron chi connectivity index (χ4n) is 5.54. The molecule has 0 radical (unpaired) electrons. The fourth-order valence-corrected chi connectivity index (χ4v) is 5.54. The van der Waals surface area contributed by atoms with Crippen LogP contribution in [0.25, 0.3) is 11.4 Å². The van der Waals surface area contributed by atoms with Crippen molar-refractivity contribution >= 4 is 5.78 Å². The predicted molar refractivity (Wildman–Crippen MR) is 119 cm³/mol. The number of ether oxygens (including phenoxy) is 1. The van der Waals surface area contributed by atoms with E-state index in [1.54, 1.807) is 24.5 Å². The van der Waals surface area contributed by atoms with Gasteiger partial charge in [0.2, 0.25) is 5.88 Å². The maximum atomic E-state index is 13.9. The van der Waals surface area contributed by atoms with Gasteiger partial charge in [-0.05, 0) is 68.6 Å². The summed E-state index contributed by atoms with van der Waals surface area (Å²) in [6.45, 7) is 2.51. The van der Waals surface area contributed by atoms with Gasteiger partial charge < -0.3 is 4.74 Å². The van der Waals surface area contributed by atoms with Crippen LogP contribution in [0.2, 0.25) is 0 Å². The van der Waals surface area contributed by atoms with Crippen molar-refractivity contribution in [3.8, 4) is 17.3 Å². The van der Waals surface area contributed by atoms with Gasteiger partial charge in [0.15, 0.2) is 11.6 Å². The van der Waals surface area contributed by atoms with Crippen molar-refractivity contribution < 1.29 is 13.9 Å². The Morgan fingerprint density at radius 2 is 1.88 bits per heavy atom. The highest BCUT2D eigenvalue weighted by Crippen LogP contribution is 2.51. The van der Waals surface area contributed by atoms with Gasteiger partial charge >= 0.3 is 0 Å². The van der Waals surface area contributed by atoms with Crippen molar-refractivity contribution in [2.24, 2.45) is 23.7 Å². The number of ketones is 1. The molecule has 2 bridgehead atoms. The zero-order valence-corrected chi connectivity index (χ0v) is 18.1. The molecule has 5 nitrogen and oxygen atoms in total. The maximum Gasteiger partial charge on any atom is 0.213 e. The number of hydrogen-bond acceptors (Lipinski definition) is 5. The Bertz CT molecular complexity index is 1100. The smallest absolute Gasteiger partial charge is 0.213 e. The number of halogens is 1. The zero-order valence-electron chi connectivity index (χ0n) is 18.1. The molecule has 32 heavy (non-hydrogen) atoms. The van der Waals surface area contributed by atoms with E-state index in [-0.39, 0.29) is 29.4 Å². The Morgan fingerprint density at radius 1 is 1.06 bits per heavy atom. The number of aryl methyl sites for hydroxylation is 1. The SMILES string of the molecule is Cc1ccc(-c2ncccn2)c(C(=O)C2C3CCC2[C@@H](COc2ccc(F)cn2)CC3)c1. The summed E-state index contributed by atoms with van der Waals surface area (Å²) in [5.41, 5.74) is 2.58. The number of carbonyl (C=O) groups excluding carboxylic acids is 1. The van der Waals surface area contributed by atoms with E-state index in [2.05, 4.69) is 15.0 Å². The maximum absolute atomic E-state index is 13.9. The van der Waals surface area contributed by atoms with E-state index in [9.17, 15) is 9.18 Å². The first-order valence-electron chi connectivity index (χ1n) is 11.3. The van der Waals surface area contributed by atoms with Gasteiger partial charge in [0.05, 0.1) is 12.8 Å². The van der Waals surface area contributed by atoms with Crippen molar-refractivity contribution in [1.82, 2.24) is 15.0 Å². The van der Waals surface area contributed by atoms with Gasteiger partial charge in [0.25, 0.3) is 0 Å². The van der Waals surface area contributed by atoms with E-state index >= 15 is 0 Å². The van der Waals surface area contributed by atoms with Crippen molar-refractivity contribution in [1.29, 1.82) is 0 Å². The molecule has 0 amide bonds. The molecule has 2 aliphatic rings. The number of carbonyl (C=O) groups is 1.